The van der Waals surface area contributed by atoms with Gasteiger partial charge in [-0.2, -0.15) is 5.10 Å². The van der Waals surface area contributed by atoms with Crippen molar-refractivity contribution in [1.82, 2.24) is 9.99 Å². The third-order valence-corrected chi connectivity index (χ3v) is 7.90. The monoisotopic (exact) mass is 554 g/mol. The third-order valence-electron chi connectivity index (χ3n) is 5.64. The van der Waals surface area contributed by atoms with E-state index in [-0.39, 0.29) is 10.6 Å². The van der Waals surface area contributed by atoms with Crippen molar-refractivity contribution < 1.29 is 13.2 Å². The van der Waals surface area contributed by atoms with Gasteiger partial charge >= 0.3 is 0 Å². The molecule has 0 fully saturated rings. The van der Waals surface area contributed by atoms with E-state index in [0.29, 0.717) is 10.0 Å². The molecule has 10 heteroatoms. The lowest BCUT2D eigenvalue weighted by Gasteiger charge is -2.23. The van der Waals surface area contributed by atoms with Crippen molar-refractivity contribution in [2.24, 2.45) is 5.10 Å². The number of anilines is 1. The third kappa shape index (κ3) is 6.05. The molecule has 0 aliphatic heterocycles. The fourth-order valence-corrected chi connectivity index (χ4v) is 5.74. The van der Waals surface area contributed by atoms with Gasteiger partial charge in [0.15, 0.2) is 0 Å². The van der Waals surface area contributed by atoms with Crippen LogP contribution in [0.1, 0.15) is 17.0 Å². The minimum absolute atomic E-state index is 0.0553. The maximum atomic E-state index is 13.4. The Morgan fingerprint density at radius 1 is 0.946 bits per heavy atom. The van der Waals surface area contributed by atoms with Gasteiger partial charge in [-0.15, -0.1) is 0 Å². The van der Waals surface area contributed by atoms with Gasteiger partial charge in [-0.25, -0.2) is 13.8 Å². The average molecular weight is 555 g/mol. The van der Waals surface area contributed by atoms with E-state index in [9.17, 15) is 13.2 Å². The SMILES string of the molecule is Cc1cc(/C=N\NC(=O)CN(c2cccc(Cl)c2)S(=O)(=O)c2ccccc2)c(C)n1-c1cccc(Cl)c1. The van der Waals surface area contributed by atoms with Gasteiger partial charge in [-0.3, -0.25) is 9.10 Å². The van der Waals surface area contributed by atoms with Crippen LogP contribution >= 0.6 is 23.2 Å². The van der Waals surface area contributed by atoms with E-state index in [2.05, 4.69) is 10.5 Å². The van der Waals surface area contributed by atoms with Crippen LogP contribution in [0.2, 0.25) is 10.0 Å². The Kier molecular flexibility index (Phi) is 8.02. The molecule has 4 aromatic rings. The number of nitrogens with zero attached hydrogens (tertiary/aromatic N) is 3. The van der Waals surface area contributed by atoms with E-state index in [4.69, 9.17) is 23.2 Å². The van der Waals surface area contributed by atoms with E-state index in [1.807, 2.05) is 48.7 Å². The van der Waals surface area contributed by atoms with Gasteiger partial charge in [-0.05, 0) is 68.4 Å². The number of carbonyl (C=O) groups is 1. The number of halogens is 2. The normalized spacial score (nSPS) is 11.6. The van der Waals surface area contributed by atoms with Crippen molar-refractivity contribution in [3.8, 4) is 5.69 Å². The number of amides is 1. The number of hydrogen-bond donors (Lipinski definition) is 1. The van der Waals surface area contributed by atoms with Crippen LogP contribution in [0.5, 0.6) is 0 Å². The maximum Gasteiger partial charge on any atom is 0.264 e. The molecule has 3 aromatic carbocycles. The summed E-state index contributed by atoms with van der Waals surface area (Å²) in [6.45, 7) is 3.40. The van der Waals surface area contributed by atoms with Crippen molar-refractivity contribution in [2.45, 2.75) is 18.7 Å². The summed E-state index contributed by atoms with van der Waals surface area (Å²) in [7, 11) is -4.04. The van der Waals surface area contributed by atoms with Gasteiger partial charge < -0.3 is 4.57 Å². The molecule has 0 aliphatic carbocycles. The Labute approximate surface area is 226 Å². The molecule has 4 rings (SSSR count). The number of hydrazone groups is 1. The molecule has 0 atom stereocenters. The molecule has 37 heavy (non-hydrogen) atoms. The Bertz CT molecular complexity index is 1570. The summed E-state index contributed by atoms with van der Waals surface area (Å²) in [5.41, 5.74) is 6.28. The Hall–Kier alpha value is -3.59. The van der Waals surface area contributed by atoms with E-state index >= 15 is 0 Å². The molecular weight excluding hydrogens is 531 g/mol. The van der Waals surface area contributed by atoms with Crippen molar-refractivity contribution in [2.75, 3.05) is 10.8 Å². The van der Waals surface area contributed by atoms with Crippen LogP contribution in [0, 0.1) is 13.8 Å². The lowest BCUT2D eigenvalue weighted by Crippen LogP contribution is -2.39. The summed E-state index contributed by atoms with van der Waals surface area (Å²) in [5.74, 6) is -0.612. The van der Waals surface area contributed by atoms with E-state index < -0.39 is 22.5 Å². The molecule has 0 saturated carbocycles. The van der Waals surface area contributed by atoms with Crippen LogP contribution in [0.4, 0.5) is 5.69 Å². The molecule has 0 radical (unpaired) electrons. The second kappa shape index (κ2) is 11.2. The Morgan fingerprint density at radius 2 is 1.62 bits per heavy atom. The van der Waals surface area contributed by atoms with Gasteiger partial charge in [0.25, 0.3) is 15.9 Å². The average Bonchev–Trinajstić information content (AvgIpc) is 3.15. The predicted molar refractivity (Wildman–Crippen MR) is 148 cm³/mol. The second-order valence-corrected chi connectivity index (χ2v) is 11.0. The van der Waals surface area contributed by atoms with Crippen molar-refractivity contribution in [1.29, 1.82) is 0 Å². The minimum Gasteiger partial charge on any atom is -0.318 e. The van der Waals surface area contributed by atoms with Crippen molar-refractivity contribution in [3.63, 3.8) is 0 Å². The number of carbonyl (C=O) groups excluding carboxylic acids is 1. The molecule has 1 N–H and O–H groups in total. The fraction of sp³-hybridized carbons (Fsp3) is 0.111. The minimum atomic E-state index is -4.04. The lowest BCUT2D eigenvalue weighted by atomic mass is 10.2. The molecule has 1 heterocycles. The topological polar surface area (TPSA) is 83.8 Å². The van der Waals surface area contributed by atoms with Crippen molar-refractivity contribution in [3.05, 3.63) is 112 Å². The standard InChI is InChI=1S/C27H24Cl2N4O3S/c1-19-14-21(20(2)33(19)25-11-7-9-23(29)16-25)17-30-31-27(34)18-32(24-10-6-8-22(28)15-24)37(35,36)26-12-4-3-5-13-26/h3-17H,18H2,1-2H3,(H,31,34)/b30-17-. The zero-order valence-corrected chi connectivity index (χ0v) is 22.4. The lowest BCUT2D eigenvalue weighted by molar-refractivity contribution is -0.119. The summed E-state index contributed by atoms with van der Waals surface area (Å²) < 4.78 is 29.8. The summed E-state index contributed by atoms with van der Waals surface area (Å²) in [5, 5.41) is 5.05. The summed E-state index contributed by atoms with van der Waals surface area (Å²) in [4.78, 5) is 12.9. The first-order valence-electron chi connectivity index (χ1n) is 11.3. The quantitative estimate of drug-likeness (QED) is 0.222. The van der Waals surface area contributed by atoms with Crippen LogP contribution in [0.25, 0.3) is 5.69 Å². The van der Waals surface area contributed by atoms with Crippen LogP contribution < -0.4 is 9.73 Å². The molecule has 1 aromatic heterocycles. The second-order valence-electron chi connectivity index (χ2n) is 8.24. The number of benzene rings is 3. The Morgan fingerprint density at radius 3 is 2.30 bits per heavy atom. The molecule has 190 valence electrons. The molecule has 0 saturated heterocycles. The number of rotatable bonds is 8. The van der Waals surface area contributed by atoms with Crippen molar-refractivity contribution >= 4 is 51.0 Å². The van der Waals surface area contributed by atoms with Crippen LogP contribution in [-0.2, 0) is 14.8 Å². The van der Waals surface area contributed by atoms with E-state index in [0.717, 1.165) is 26.9 Å². The van der Waals surface area contributed by atoms with Gasteiger partial charge in [0.1, 0.15) is 6.54 Å². The van der Waals surface area contributed by atoms with Crippen LogP contribution in [0.3, 0.4) is 0 Å². The number of aromatic nitrogens is 1. The predicted octanol–water partition coefficient (Wildman–Crippen LogP) is 5.75. The van der Waals surface area contributed by atoms with Crippen LogP contribution in [-0.4, -0.2) is 31.7 Å². The summed E-state index contributed by atoms with van der Waals surface area (Å²) in [6.07, 6.45) is 1.52. The Balaban J connectivity index is 1.55. The first-order chi connectivity index (χ1) is 17.7. The van der Waals surface area contributed by atoms with E-state index in [1.165, 1.54) is 24.4 Å². The molecule has 0 spiro atoms. The largest absolute Gasteiger partial charge is 0.318 e. The van der Waals surface area contributed by atoms with Crippen LogP contribution in [0.15, 0.2) is 94.9 Å². The zero-order chi connectivity index (χ0) is 26.6. The van der Waals surface area contributed by atoms with Gasteiger partial charge in [0.2, 0.25) is 0 Å². The molecular formula is C27H24Cl2N4O3S. The zero-order valence-electron chi connectivity index (χ0n) is 20.1. The molecule has 1 amide bonds. The highest BCUT2D eigenvalue weighted by Gasteiger charge is 2.27. The van der Waals surface area contributed by atoms with Gasteiger partial charge in [0, 0.05) is 32.7 Å². The first kappa shape index (κ1) is 26.5. The number of hydrogen-bond acceptors (Lipinski definition) is 4. The van der Waals surface area contributed by atoms with Gasteiger partial charge in [-0.1, -0.05) is 53.5 Å². The number of sulfonamides is 1. The highest BCUT2D eigenvalue weighted by atomic mass is 35.5. The molecule has 7 nitrogen and oxygen atoms in total. The highest BCUT2D eigenvalue weighted by Crippen LogP contribution is 2.26. The highest BCUT2D eigenvalue weighted by molar-refractivity contribution is 7.92. The smallest absolute Gasteiger partial charge is 0.264 e. The maximum absolute atomic E-state index is 13.4. The molecule has 0 aliphatic rings. The summed E-state index contributed by atoms with van der Waals surface area (Å²) in [6, 6.07) is 23.6. The molecule has 0 bridgehead atoms. The number of nitrogens with one attached hydrogen (secondary N) is 1. The fourth-order valence-electron chi connectivity index (χ4n) is 3.94. The number of aryl methyl sites for hydroxylation is 1. The first-order valence-corrected chi connectivity index (χ1v) is 13.5. The van der Waals surface area contributed by atoms with Gasteiger partial charge in [0.05, 0.1) is 16.8 Å². The molecule has 0 unspecified atom stereocenters. The summed E-state index contributed by atoms with van der Waals surface area (Å²) >= 11 is 12.2. The van der Waals surface area contributed by atoms with E-state index in [1.54, 1.807) is 36.4 Å².